The highest BCUT2D eigenvalue weighted by atomic mass is 32.3. The molecule has 0 unspecified atom stereocenters. The average molecular weight is 415 g/mol. The van der Waals surface area contributed by atoms with Crippen LogP contribution in [0.3, 0.4) is 0 Å². The van der Waals surface area contributed by atoms with E-state index in [1.807, 2.05) is 42.3 Å². The van der Waals surface area contributed by atoms with Crippen LogP contribution in [0.15, 0.2) is 58.3 Å². The molecule has 2 aromatic rings. The molecule has 0 aromatic heterocycles. The topological polar surface area (TPSA) is 77.5 Å². The summed E-state index contributed by atoms with van der Waals surface area (Å²) in [4.78, 5) is -0.433. The molecule has 2 aromatic carbocycles. The molecule has 0 bridgehead atoms. The number of hydrogen-bond acceptors (Lipinski definition) is 5. The Morgan fingerprint density at radius 1 is 0.556 bits per heavy atom. The van der Waals surface area contributed by atoms with Gasteiger partial charge < -0.3 is 0 Å². The largest absolute Gasteiger partial charge is 0.311 e. The fourth-order valence-electron chi connectivity index (χ4n) is 2.32. The van der Waals surface area contributed by atoms with Gasteiger partial charge in [-0.15, -0.1) is 3.63 Å². The van der Waals surface area contributed by atoms with Gasteiger partial charge in [0.05, 0.1) is 52.1 Å². The minimum absolute atomic E-state index is 0.216. The van der Waals surface area contributed by atoms with E-state index in [1.165, 1.54) is 24.3 Å². The number of hydrogen-bond donors (Lipinski definition) is 0. The molecule has 0 spiro atoms. The first-order chi connectivity index (χ1) is 12.1. The molecule has 27 heavy (non-hydrogen) atoms. The van der Waals surface area contributed by atoms with Crippen LogP contribution >= 0.6 is 0 Å². The molecule has 2 rings (SSSR count). The summed E-state index contributed by atoms with van der Waals surface area (Å²) < 4.78 is 55.2. The standard InChI is InChI=1S/C18H26N2O5S2/c1-19(2,3)15-7-11-17(12-8-15)26(21,22)25-27(23,24)18-13-9-16(10-14-18)20(4,5)6/h7-14H,1-6H3/q+2. The third-order valence-electron chi connectivity index (χ3n) is 3.98. The van der Waals surface area contributed by atoms with Crippen molar-refractivity contribution in [1.29, 1.82) is 0 Å². The first kappa shape index (κ1) is 21.5. The van der Waals surface area contributed by atoms with Crippen LogP contribution < -0.4 is 8.97 Å². The number of rotatable bonds is 6. The number of nitrogens with zero attached hydrogens (tertiary/aromatic N) is 2. The van der Waals surface area contributed by atoms with Crippen molar-refractivity contribution in [2.45, 2.75) is 9.79 Å². The minimum Gasteiger partial charge on any atom is -0.298 e. The van der Waals surface area contributed by atoms with Gasteiger partial charge in [0, 0.05) is 24.3 Å². The van der Waals surface area contributed by atoms with E-state index >= 15 is 0 Å². The predicted octanol–water partition coefficient (Wildman–Crippen LogP) is 2.17. The number of quaternary nitrogens is 2. The van der Waals surface area contributed by atoms with Crippen LogP contribution in [-0.2, 0) is 23.9 Å². The zero-order chi connectivity index (χ0) is 20.7. The lowest BCUT2D eigenvalue weighted by Crippen LogP contribution is -2.34. The van der Waals surface area contributed by atoms with Crippen LogP contribution in [0.2, 0.25) is 0 Å². The molecule has 0 fully saturated rings. The monoisotopic (exact) mass is 414 g/mol. The van der Waals surface area contributed by atoms with Crippen molar-refractivity contribution in [3.8, 4) is 0 Å². The van der Waals surface area contributed by atoms with Crippen LogP contribution in [0.1, 0.15) is 0 Å². The Bertz CT molecular complexity index is 928. The molecule has 7 nitrogen and oxygen atoms in total. The Balaban J connectivity index is 2.30. The average Bonchev–Trinajstić information content (AvgIpc) is 2.52. The van der Waals surface area contributed by atoms with Gasteiger partial charge in [0.2, 0.25) is 0 Å². The summed E-state index contributed by atoms with van der Waals surface area (Å²) in [6, 6.07) is 11.8. The van der Waals surface area contributed by atoms with Crippen molar-refractivity contribution >= 4 is 31.6 Å². The van der Waals surface area contributed by atoms with Gasteiger partial charge in [-0.2, -0.15) is 16.8 Å². The van der Waals surface area contributed by atoms with E-state index in [9.17, 15) is 16.8 Å². The first-order valence-corrected chi connectivity index (χ1v) is 11.0. The van der Waals surface area contributed by atoms with Gasteiger partial charge in [0.15, 0.2) is 0 Å². The van der Waals surface area contributed by atoms with Crippen molar-refractivity contribution in [3.05, 3.63) is 48.5 Å². The van der Waals surface area contributed by atoms with E-state index in [1.54, 1.807) is 24.3 Å². The molecule has 0 heterocycles. The summed E-state index contributed by atoms with van der Waals surface area (Å²) in [7, 11) is 2.68. The van der Waals surface area contributed by atoms with Gasteiger partial charge in [-0.05, 0) is 24.3 Å². The fourth-order valence-corrected chi connectivity index (χ4v) is 4.83. The molecule has 9 heteroatoms. The molecule has 0 saturated heterocycles. The normalized spacial score (nSPS) is 13.6. The van der Waals surface area contributed by atoms with Crippen LogP contribution in [0.25, 0.3) is 0 Å². The van der Waals surface area contributed by atoms with Crippen molar-refractivity contribution in [3.63, 3.8) is 0 Å². The summed E-state index contributed by atoms with van der Waals surface area (Å²) in [5.41, 5.74) is 1.74. The van der Waals surface area contributed by atoms with Crippen LogP contribution in [0, 0.1) is 0 Å². The molecule has 0 amide bonds. The van der Waals surface area contributed by atoms with Gasteiger partial charge in [-0.3, -0.25) is 8.97 Å². The molecule has 0 aliphatic carbocycles. The summed E-state index contributed by atoms with van der Waals surface area (Å²) in [5, 5.41) is 0. The van der Waals surface area contributed by atoms with Crippen molar-refractivity contribution < 1.29 is 20.5 Å². The molecular formula is C18H26N2O5S2+2. The van der Waals surface area contributed by atoms with Gasteiger partial charge >= 0.3 is 20.2 Å². The van der Waals surface area contributed by atoms with Crippen LogP contribution in [-0.4, -0.2) is 59.1 Å². The second-order valence-electron chi connectivity index (χ2n) is 7.99. The number of benzene rings is 2. The van der Waals surface area contributed by atoms with Crippen molar-refractivity contribution in [2.24, 2.45) is 0 Å². The third kappa shape index (κ3) is 5.14. The SMILES string of the molecule is C[N+](C)(C)c1ccc(S(=O)(=O)OS(=O)(=O)c2ccc([N+](C)(C)C)cc2)cc1. The second-order valence-corrected chi connectivity index (χ2v) is 11.3. The van der Waals surface area contributed by atoms with Gasteiger partial charge in [-0.1, -0.05) is 0 Å². The van der Waals surface area contributed by atoms with Crippen LogP contribution in [0.4, 0.5) is 11.4 Å². The first-order valence-electron chi connectivity index (χ1n) is 8.18. The Kier molecular flexibility index (Phi) is 5.57. The molecular weight excluding hydrogens is 388 g/mol. The third-order valence-corrected chi connectivity index (χ3v) is 7.11. The van der Waals surface area contributed by atoms with E-state index in [-0.39, 0.29) is 9.79 Å². The van der Waals surface area contributed by atoms with Gasteiger partial charge in [-0.25, -0.2) is 0 Å². The van der Waals surface area contributed by atoms with Crippen LogP contribution in [0.5, 0.6) is 0 Å². The zero-order valence-electron chi connectivity index (χ0n) is 16.4. The summed E-state index contributed by atoms with van der Waals surface area (Å²) >= 11 is 0. The van der Waals surface area contributed by atoms with Gasteiger partial charge in [0.25, 0.3) is 0 Å². The lowest BCUT2D eigenvalue weighted by Gasteiger charge is -2.23. The quantitative estimate of drug-likeness (QED) is 0.677. The molecule has 0 N–H and O–H groups in total. The molecule has 0 aliphatic rings. The molecule has 0 saturated carbocycles. The lowest BCUT2D eigenvalue weighted by atomic mass is 10.3. The van der Waals surface area contributed by atoms with E-state index in [0.29, 0.717) is 8.97 Å². The Morgan fingerprint density at radius 2 is 0.815 bits per heavy atom. The Labute approximate surface area is 161 Å². The van der Waals surface area contributed by atoms with E-state index in [4.69, 9.17) is 0 Å². The van der Waals surface area contributed by atoms with E-state index < -0.39 is 20.2 Å². The predicted molar refractivity (Wildman–Crippen MR) is 107 cm³/mol. The highest BCUT2D eigenvalue weighted by Crippen LogP contribution is 2.25. The molecule has 0 atom stereocenters. The van der Waals surface area contributed by atoms with Crippen molar-refractivity contribution in [1.82, 2.24) is 8.97 Å². The van der Waals surface area contributed by atoms with E-state index in [0.717, 1.165) is 11.4 Å². The second kappa shape index (κ2) is 6.99. The highest BCUT2D eigenvalue weighted by molar-refractivity contribution is 7.99. The van der Waals surface area contributed by atoms with Gasteiger partial charge in [0.1, 0.15) is 11.4 Å². The molecule has 148 valence electrons. The van der Waals surface area contributed by atoms with Crippen molar-refractivity contribution in [2.75, 3.05) is 42.3 Å². The lowest BCUT2D eigenvalue weighted by molar-refractivity contribution is 0.460. The molecule has 0 radical (unpaired) electrons. The zero-order valence-corrected chi connectivity index (χ0v) is 18.0. The smallest absolute Gasteiger partial charge is 0.298 e. The van der Waals surface area contributed by atoms with E-state index in [2.05, 4.69) is 3.63 Å². The summed E-state index contributed by atoms with van der Waals surface area (Å²) in [5.74, 6) is 0. The summed E-state index contributed by atoms with van der Waals surface area (Å²) in [6.45, 7) is 0. The fraction of sp³-hybridized carbons (Fsp3) is 0.333. The highest BCUT2D eigenvalue weighted by Gasteiger charge is 2.28. The Morgan fingerprint density at radius 3 is 1.04 bits per heavy atom. The Hall–Kier alpha value is -1.78. The molecule has 0 aliphatic heterocycles. The maximum absolute atomic E-state index is 12.4. The summed E-state index contributed by atoms with van der Waals surface area (Å²) in [6.07, 6.45) is 0. The minimum atomic E-state index is -4.47. The maximum atomic E-state index is 12.4. The maximum Gasteiger partial charge on any atom is 0.311 e.